The van der Waals surface area contributed by atoms with E-state index in [2.05, 4.69) is 58.3 Å². The van der Waals surface area contributed by atoms with Crippen LogP contribution in [-0.2, 0) is 9.53 Å². The second-order valence-corrected chi connectivity index (χ2v) is 9.34. The molecule has 0 atom stereocenters. The molecule has 0 aromatic heterocycles. The van der Waals surface area contributed by atoms with Crippen LogP contribution in [0.2, 0.25) is 0 Å². The van der Waals surface area contributed by atoms with Crippen molar-refractivity contribution in [3.05, 3.63) is 71.8 Å². The Hall–Kier alpha value is -1.82. The number of ether oxygens (including phenoxy) is 1. The molecule has 0 N–H and O–H groups in total. The summed E-state index contributed by atoms with van der Waals surface area (Å²) in [6.07, 6.45) is 2.35. The molecule has 0 spiro atoms. The van der Waals surface area contributed by atoms with Crippen molar-refractivity contribution in [1.29, 1.82) is 0 Å². The van der Waals surface area contributed by atoms with Crippen LogP contribution in [0.25, 0.3) is 0 Å². The first-order valence-corrected chi connectivity index (χ1v) is 12.1. The number of hydrogen-bond acceptors (Lipinski definition) is 4. The first kappa shape index (κ1) is 21.4. The molecule has 2 aromatic carbocycles. The largest absolute Gasteiger partial charge is 0.381 e. The molecule has 0 bridgehead atoms. The molecular formula is C25H32N2O2S. The maximum Gasteiger partial charge on any atom is 0.232 e. The normalized spacial score (nSPS) is 18.6. The van der Waals surface area contributed by atoms with E-state index in [0.29, 0.717) is 5.75 Å². The first-order valence-electron chi connectivity index (χ1n) is 11.1. The van der Waals surface area contributed by atoms with Gasteiger partial charge < -0.3 is 9.64 Å². The molecule has 160 valence electrons. The van der Waals surface area contributed by atoms with Crippen LogP contribution >= 0.6 is 11.8 Å². The summed E-state index contributed by atoms with van der Waals surface area (Å²) in [5.74, 6) is 1.55. The van der Waals surface area contributed by atoms with Gasteiger partial charge in [0.15, 0.2) is 0 Å². The smallest absolute Gasteiger partial charge is 0.232 e. The summed E-state index contributed by atoms with van der Waals surface area (Å²) in [7, 11) is 0. The van der Waals surface area contributed by atoms with Crippen LogP contribution in [0.15, 0.2) is 60.7 Å². The number of thioether (sulfide) groups is 1. The van der Waals surface area contributed by atoms with Crippen molar-refractivity contribution in [3.63, 3.8) is 0 Å². The molecule has 5 heteroatoms. The standard InChI is InChI=1S/C25H32N2O2S/c28-24(27-15-13-26(14-16-27)19-21-11-17-29-18-12-21)20-30-25(22-7-3-1-4-8-22)23-9-5-2-6-10-23/h1-10,21,25H,11-20H2. The Morgan fingerprint density at radius 2 is 1.47 bits per heavy atom. The number of benzene rings is 2. The third-order valence-corrected chi connectivity index (χ3v) is 7.45. The van der Waals surface area contributed by atoms with Crippen LogP contribution in [0.4, 0.5) is 0 Å². The van der Waals surface area contributed by atoms with Crippen molar-refractivity contribution in [2.24, 2.45) is 5.92 Å². The van der Waals surface area contributed by atoms with Gasteiger partial charge in [-0.15, -0.1) is 11.8 Å². The SMILES string of the molecule is O=C(CSC(c1ccccc1)c1ccccc1)N1CCN(CC2CCOCC2)CC1. The van der Waals surface area contributed by atoms with E-state index < -0.39 is 0 Å². The van der Waals surface area contributed by atoms with Gasteiger partial charge in [0.05, 0.1) is 11.0 Å². The Kier molecular flexibility index (Phi) is 7.84. The lowest BCUT2D eigenvalue weighted by molar-refractivity contribution is -0.130. The lowest BCUT2D eigenvalue weighted by atomic mass is 9.99. The van der Waals surface area contributed by atoms with Crippen molar-refractivity contribution in [2.45, 2.75) is 18.1 Å². The Morgan fingerprint density at radius 1 is 0.900 bits per heavy atom. The van der Waals surface area contributed by atoms with E-state index in [9.17, 15) is 4.79 Å². The topological polar surface area (TPSA) is 32.8 Å². The zero-order chi connectivity index (χ0) is 20.6. The molecule has 0 radical (unpaired) electrons. The van der Waals surface area contributed by atoms with Gasteiger partial charge in [-0.25, -0.2) is 0 Å². The van der Waals surface area contributed by atoms with Crippen molar-refractivity contribution >= 4 is 17.7 Å². The number of piperazine rings is 1. The molecule has 1 amide bonds. The molecule has 2 aliphatic rings. The Morgan fingerprint density at radius 3 is 2.03 bits per heavy atom. The van der Waals surface area contributed by atoms with Crippen LogP contribution < -0.4 is 0 Å². The zero-order valence-electron chi connectivity index (χ0n) is 17.6. The molecular weight excluding hydrogens is 392 g/mol. The minimum atomic E-state index is 0.186. The van der Waals surface area contributed by atoms with Gasteiger partial charge in [0.2, 0.25) is 5.91 Å². The van der Waals surface area contributed by atoms with Crippen molar-refractivity contribution in [1.82, 2.24) is 9.80 Å². The van der Waals surface area contributed by atoms with E-state index in [1.807, 2.05) is 12.1 Å². The quantitative estimate of drug-likeness (QED) is 0.671. The van der Waals surface area contributed by atoms with Gasteiger partial charge in [-0.1, -0.05) is 60.7 Å². The van der Waals surface area contributed by atoms with E-state index >= 15 is 0 Å². The fraction of sp³-hybridized carbons (Fsp3) is 0.480. The predicted octanol–water partition coefficient (Wildman–Crippen LogP) is 4.08. The number of carbonyl (C=O) groups is 1. The predicted molar refractivity (Wildman–Crippen MR) is 124 cm³/mol. The summed E-state index contributed by atoms with van der Waals surface area (Å²) in [4.78, 5) is 17.5. The fourth-order valence-corrected chi connectivity index (χ4v) is 5.55. The molecule has 30 heavy (non-hydrogen) atoms. The molecule has 0 aliphatic carbocycles. The molecule has 2 fully saturated rings. The summed E-state index contributed by atoms with van der Waals surface area (Å²) in [6, 6.07) is 21.0. The van der Waals surface area contributed by atoms with Crippen molar-refractivity contribution in [2.75, 3.05) is 51.7 Å². The third kappa shape index (κ3) is 5.87. The number of amides is 1. The highest BCUT2D eigenvalue weighted by Gasteiger charge is 2.25. The van der Waals surface area contributed by atoms with Gasteiger partial charge in [0.25, 0.3) is 0 Å². The minimum Gasteiger partial charge on any atom is -0.381 e. The van der Waals surface area contributed by atoms with Crippen LogP contribution in [0.1, 0.15) is 29.2 Å². The van der Waals surface area contributed by atoms with Gasteiger partial charge in [-0.3, -0.25) is 9.69 Å². The average molecular weight is 425 g/mol. The highest BCUT2D eigenvalue weighted by atomic mass is 32.2. The number of rotatable bonds is 7. The molecule has 4 rings (SSSR count). The first-order chi connectivity index (χ1) is 14.8. The van der Waals surface area contributed by atoms with E-state index in [4.69, 9.17) is 4.74 Å². The second-order valence-electron chi connectivity index (χ2n) is 8.25. The van der Waals surface area contributed by atoms with Crippen molar-refractivity contribution < 1.29 is 9.53 Å². The summed E-state index contributed by atoms with van der Waals surface area (Å²) >= 11 is 1.74. The third-order valence-electron chi connectivity index (χ3n) is 6.16. The molecule has 2 saturated heterocycles. The van der Waals surface area contributed by atoms with E-state index in [0.717, 1.165) is 51.9 Å². The lowest BCUT2D eigenvalue weighted by Gasteiger charge is -2.37. The number of hydrogen-bond donors (Lipinski definition) is 0. The molecule has 0 unspecified atom stereocenters. The Labute approximate surface area is 184 Å². The minimum absolute atomic E-state index is 0.186. The summed E-state index contributed by atoms with van der Waals surface area (Å²) < 4.78 is 5.47. The lowest BCUT2D eigenvalue weighted by Crippen LogP contribution is -2.50. The number of carbonyl (C=O) groups excluding carboxylic acids is 1. The summed E-state index contributed by atoms with van der Waals surface area (Å²) in [6.45, 7) is 6.66. The number of nitrogens with zero attached hydrogens (tertiary/aromatic N) is 2. The molecule has 2 aliphatic heterocycles. The second kappa shape index (κ2) is 11.0. The van der Waals surface area contributed by atoms with Gasteiger partial charge in [-0.05, 0) is 29.9 Å². The van der Waals surface area contributed by atoms with Crippen LogP contribution in [0, 0.1) is 5.92 Å². The molecule has 2 heterocycles. The monoisotopic (exact) mass is 424 g/mol. The van der Waals surface area contributed by atoms with E-state index in [1.165, 1.54) is 24.0 Å². The fourth-order valence-electron chi connectivity index (χ4n) is 4.36. The molecule has 4 nitrogen and oxygen atoms in total. The zero-order valence-corrected chi connectivity index (χ0v) is 18.4. The van der Waals surface area contributed by atoms with Crippen LogP contribution in [0.5, 0.6) is 0 Å². The van der Waals surface area contributed by atoms with Gasteiger partial charge in [0, 0.05) is 45.9 Å². The van der Waals surface area contributed by atoms with Gasteiger partial charge >= 0.3 is 0 Å². The maximum absolute atomic E-state index is 12.9. The summed E-state index contributed by atoms with van der Waals surface area (Å²) in [5, 5.41) is 0.186. The van der Waals surface area contributed by atoms with E-state index in [-0.39, 0.29) is 11.2 Å². The van der Waals surface area contributed by atoms with Gasteiger partial charge in [0.1, 0.15) is 0 Å². The Balaban J connectivity index is 1.29. The maximum atomic E-state index is 12.9. The van der Waals surface area contributed by atoms with Crippen molar-refractivity contribution in [3.8, 4) is 0 Å². The summed E-state index contributed by atoms with van der Waals surface area (Å²) in [5.41, 5.74) is 2.51. The van der Waals surface area contributed by atoms with E-state index in [1.54, 1.807) is 11.8 Å². The van der Waals surface area contributed by atoms with Crippen LogP contribution in [-0.4, -0.2) is 67.4 Å². The highest BCUT2D eigenvalue weighted by molar-refractivity contribution is 8.00. The molecule has 0 saturated carbocycles. The van der Waals surface area contributed by atoms with Crippen LogP contribution in [0.3, 0.4) is 0 Å². The van der Waals surface area contributed by atoms with Gasteiger partial charge in [-0.2, -0.15) is 0 Å². The molecule has 2 aromatic rings. The highest BCUT2D eigenvalue weighted by Crippen LogP contribution is 2.35. The average Bonchev–Trinajstić information content (AvgIpc) is 2.82. The Bertz CT molecular complexity index is 733.